The molecule has 0 radical (unpaired) electrons. The number of nitrogens with zero attached hydrogens (tertiary/aromatic N) is 3. The van der Waals surface area contributed by atoms with Crippen molar-refractivity contribution in [2.45, 2.75) is 11.3 Å². The summed E-state index contributed by atoms with van der Waals surface area (Å²) in [5, 5.41) is 2.82. The topological polar surface area (TPSA) is 53.5 Å². The fraction of sp³-hybridized carbons (Fsp3) is 0.250. The Morgan fingerprint density at radius 3 is 2.60 bits per heavy atom. The second kappa shape index (κ2) is 8.92. The molecule has 0 unspecified atom stereocenters. The van der Waals surface area contributed by atoms with Crippen molar-refractivity contribution in [1.29, 1.82) is 0 Å². The minimum atomic E-state index is -3.77. The van der Waals surface area contributed by atoms with Gasteiger partial charge < -0.3 is 4.90 Å². The summed E-state index contributed by atoms with van der Waals surface area (Å²) in [5.74, 6) is -0.564. The fourth-order valence-electron chi connectivity index (χ4n) is 3.32. The van der Waals surface area contributed by atoms with Crippen LogP contribution in [-0.2, 0) is 16.4 Å². The molecule has 2 heterocycles. The van der Waals surface area contributed by atoms with Crippen molar-refractivity contribution in [2.75, 3.05) is 31.1 Å². The Kier molecular flexibility index (Phi) is 6.45. The van der Waals surface area contributed by atoms with E-state index in [0.29, 0.717) is 26.2 Å². The first-order chi connectivity index (χ1) is 14.3. The molecule has 0 bridgehead atoms. The van der Waals surface area contributed by atoms with Crippen LogP contribution in [0.15, 0.2) is 57.2 Å². The van der Waals surface area contributed by atoms with Crippen LogP contribution in [0.1, 0.15) is 11.3 Å². The molecule has 1 aromatic heterocycles. The van der Waals surface area contributed by atoms with Crippen LogP contribution in [0.4, 0.5) is 9.52 Å². The molecule has 1 aliphatic heterocycles. The van der Waals surface area contributed by atoms with E-state index in [0.717, 1.165) is 33.9 Å². The van der Waals surface area contributed by atoms with Crippen LogP contribution in [-0.4, -0.2) is 43.9 Å². The lowest BCUT2D eigenvalue weighted by Crippen LogP contribution is -2.48. The maximum atomic E-state index is 13.3. The highest BCUT2D eigenvalue weighted by atomic mass is 79.9. The van der Waals surface area contributed by atoms with Crippen LogP contribution in [0.25, 0.3) is 0 Å². The van der Waals surface area contributed by atoms with Crippen molar-refractivity contribution in [3.63, 3.8) is 0 Å². The smallest absolute Gasteiger partial charge is 0.244 e. The Bertz CT molecular complexity index is 1160. The van der Waals surface area contributed by atoms with Gasteiger partial charge >= 0.3 is 0 Å². The summed E-state index contributed by atoms with van der Waals surface area (Å²) in [6, 6.07) is 11.5. The van der Waals surface area contributed by atoms with Gasteiger partial charge in [0.1, 0.15) is 10.7 Å². The minimum Gasteiger partial charge on any atom is -0.345 e. The number of rotatable bonds is 5. The van der Waals surface area contributed by atoms with Crippen LogP contribution >= 0.6 is 38.9 Å². The summed E-state index contributed by atoms with van der Waals surface area (Å²) in [6.45, 7) is 1.69. The summed E-state index contributed by atoms with van der Waals surface area (Å²) in [4.78, 5) is 6.75. The average molecular weight is 531 g/mol. The molecule has 3 aromatic rings. The quantitative estimate of drug-likeness (QED) is 0.476. The molecule has 30 heavy (non-hydrogen) atoms. The predicted molar refractivity (Wildman–Crippen MR) is 121 cm³/mol. The Hall–Kier alpha value is -1.52. The molecule has 10 heteroatoms. The van der Waals surface area contributed by atoms with Gasteiger partial charge in [-0.2, -0.15) is 4.31 Å². The Labute approximate surface area is 192 Å². The zero-order valence-electron chi connectivity index (χ0n) is 15.8. The van der Waals surface area contributed by atoms with E-state index in [1.54, 1.807) is 11.3 Å². The Morgan fingerprint density at radius 1 is 1.13 bits per heavy atom. The van der Waals surface area contributed by atoms with Crippen LogP contribution < -0.4 is 4.90 Å². The van der Waals surface area contributed by atoms with E-state index >= 15 is 0 Å². The van der Waals surface area contributed by atoms with Crippen molar-refractivity contribution in [2.24, 2.45) is 0 Å². The number of hydrogen-bond donors (Lipinski definition) is 0. The highest BCUT2D eigenvalue weighted by Gasteiger charge is 2.31. The molecular formula is C20H18BrClFN3O2S2. The van der Waals surface area contributed by atoms with Crippen molar-refractivity contribution in [1.82, 2.24) is 9.29 Å². The fourth-order valence-corrected chi connectivity index (χ4v) is 6.58. The molecule has 1 saturated heterocycles. The number of piperazine rings is 1. The molecule has 1 fully saturated rings. The number of halogens is 3. The standard InChI is InChI=1S/C20H18BrClFN3O2S2/c21-15-3-1-2-14(10-15)11-17-13-29-20(24-17)25-6-8-26(9-7-25)30(27,28)19-5-4-16(23)12-18(19)22/h1-5,10,12-13H,6-9,11H2. The summed E-state index contributed by atoms with van der Waals surface area (Å²) in [7, 11) is -3.77. The lowest BCUT2D eigenvalue weighted by atomic mass is 10.1. The Balaban J connectivity index is 1.42. The molecule has 5 nitrogen and oxygen atoms in total. The lowest BCUT2D eigenvalue weighted by Gasteiger charge is -2.33. The van der Waals surface area contributed by atoms with E-state index < -0.39 is 15.8 Å². The van der Waals surface area contributed by atoms with E-state index in [2.05, 4.69) is 33.0 Å². The van der Waals surface area contributed by atoms with Crippen molar-refractivity contribution in [3.05, 3.63) is 74.4 Å². The molecule has 0 saturated carbocycles. The zero-order chi connectivity index (χ0) is 21.3. The van der Waals surface area contributed by atoms with Crippen LogP contribution in [0.3, 0.4) is 0 Å². The summed E-state index contributed by atoms with van der Waals surface area (Å²) < 4.78 is 41.5. The van der Waals surface area contributed by atoms with E-state index in [1.807, 2.05) is 17.5 Å². The molecule has 158 valence electrons. The van der Waals surface area contributed by atoms with Crippen molar-refractivity contribution < 1.29 is 12.8 Å². The number of aromatic nitrogens is 1. The van der Waals surface area contributed by atoms with Gasteiger partial charge in [0.2, 0.25) is 10.0 Å². The average Bonchev–Trinajstić information content (AvgIpc) is 3.16. The van der Waals surface area contributed by atoms with Crippen LogP contribution in [0.2, 0.25) is 5.02 Å². The second-order valence-corrected chi connectivity index (χ2v) is 11.0. The molecule has 2 aromatic carbocycles. The predicted octanol–water partition coefficient (Wildman–Crippen LogP) is 4.80. The zero-order valence-corrected chi connectivity index (χ0v) is 19.7. The van der Waals surface area contributed by atoms with Gasteiger partial charge in [0.25, 0.3) is 0 Å². The number of anilines is 1. The SMILES string of the molecule is O=S(=O)(c1ccc(F)cc1Cl)N1CCN(c2nc(Cc3cccc(Br)c3)cs2)CC1. The van der Waals surface area contributed by atoms with Gasteiger partial charge in [0.05, 0.1) is 10.7 Å². The number of benzene rings is 2. The highest BCUT2D eigenvalue weighted by Crippen LogP contribution is 2.28. The molecule has 0 amide bonds. The van der Waals surface area contributed by atoms with Gasteiger partial charge in [-0.3, -0.25) is 0 Å². The highest BCUT2D eigenvalue weighted by molar-refractivity contribution is 9.10. The normalized spacial score (nSPS) is 15.5. The summed E-state index contributed by atoms with van der Waals surface area (Å²) in [6.07, 6.45) is 0.743. The lowest BCUT2D eigenvalue weighted by molar-refractivity contribution is 0.384. The molecule has 1 aliphatic rings. The maximum Gasteiger partial charge on any atom is 0.244 e. The third-order valence-corrected chi connectivity index (χ3v) is 8.66. The molecular weight excluding hydrogens is 513 g/mol. The number of sulfonamides is 1. The molecule has 0 spiro atoms. The first kappa shape index (κ1) is 21.7. The van der Waals surface area contributed by atoms with Crippen LogP contribution in [0.5, 0.6) is 0 Å². The molecule has 0 aliphatic carbocycles. The van der Waals surface area contributed by atoms with Crippen LogP contribution in [0, 0.1) is 5.82 Å². The van der Waals surface area contributed by atoms with E-state index in [9.17, 15) is 12.8 Å². The molecule has 0 atom stereocenters. The number of hydrogen-bond acceptors (Lipinski definition) is 5. The summed E-state index contributed by atoms with van der Waals surface area (Å²) in [5.41, 5.74) is 2.16. The van der Waals surface area contributed by atoms with Gasteiger partial charge in [0, 0.05) is 42.5 Å². The number of thiazole rings is 1. The van der Waals surface area contributed by atoms with Gasteiger partial charge in [0.15, 0.2) is 5.13 Å². The van der Waals surface area contributed by atoms with Gasteiger partial charge in [-0.25, -0.2) is 17.8 Å². The molecule has 0 N–H and O–H groups in total. The minimum absolute atomic E-state index is 0.0652. The third-order valence-electron chi connectivity index (χ3n) is 4.83. The Morgan fingerprint density at radius 2 is 1.90 bits per heavy atom. The van der Waals surface area contributed by atoms with Gasteiger partial charge in [-0.1, -0.05) is 39.7 Å². The van der Waals surface area contributed by atoms with Gasteiger partial charge in [-0.15, -0.1) is 11.3 Å². The van der Waals surface area contributed by atoms with Gasteiger partial charge in [-0.05, 0) is 35.9 Å². The first-order valence-electron chi connectivity index (χ1n) is 9.22. The van der Waals surface area contributed by atoms with E-state index in [-0.39, 0.29) is 9.92 Å². The summed E-state index contributed by atoms with van der Waals surface area (Å²) >= 11 is 11.0. The molecule has 4 rings (SSSR count). The monoisotopic (exact) mass is 529 g/mol. The van der Waals surface area contributed by atoms with E-state index in [1.165, 1.54) is 15.9 Å². The first-order valence-corrected chi connectivity index (χ1v) is 12.7. The third kappa shape index (κ3) is 4.70. The largest absolute Gasteiger partial charge is 0.345 e. The second-order valence-electron chi connectivity index (χ2n) is 6.89. The van der Waals surface area contributed by atoms with Crippen molar-refractivity contribution in [3.8, 4) is 0 Å². The maximum absolute atomic E-state index is 13.3. The van der Waals surface area contributed by atoms with Crippen molar-refractivity contribution >= 4 is 54.0 Å². The van der Waals surface area contributed by atoms with E-state index in [4.69, 9.17) is 16.6 Å².